The summed E-state index contributed by atoms with van der Waals surface area (Å²) in [6.45, 7) is 9.92. The molecule has 4 heterocycles. The van der Waals surface area contributed by atoms with Crippen molar-refractivity contribution in [3.63, 3.8) is 0 Å². The number of ether oxygens (including phenoxy) is 2. The van der Waals surface area contributed by atoms with E-state index < -0.39 is 0 Å². The molecule has 2 fully saturated rings. The Hall–Kier alpha value is -2.22. The normalized spacial score (nSPS) is 20.9. The van der Waals surface area contributed by atoms with Gasteiger partial charge in [-0.1, -0.05) is 11.6 Å². The van der Waals surface area contributed by atoms with Crippen LogP contribution in [0.5, 0.6) is 5.75 Å². The number of methoxy groups -OCH3 is 1. The molecule has 2 atom stereocenters. The van der Waals surface area contributed by atoms with Crippen molar-refractivity contribution in [3.05, 3.63) is 46.0 Å². The number of benzene rings is 1. The van der Waals surface area contributed by atoms with Crippen molar-refractivity contribution in [2.24, 2.45) is 0 Å². The number of fused-ring (bicyclic) bond motifs is 1. The summed E-state index contributed by atoms with van der Waals surface area (Å²) >= 11 is 6.75. The molecule has 0 amide bonds. The number of rotatable bonds is 5. The molecule has 1 aromatic carbocycles. The zero-order chi connectivity index (χ0) is 21.7. The van der Waals surface area contributed by atoms with E-state index in [-0.39, 0.29) is 6.04 Å². The highest BCUT2D eigenvalue weighted by atomic mass is 35.5. The molecule has 5 rings (SSSR count). The van der Waals surface area contributed by atoms with Crippen molar-refractivity contribution in [2.45, 2.75) is 45.2 Å². The first-order valence-electron chi connectivity index (χ1n) is 10.8. The lowest BCUT2D eigenvalue weighted by molar-refractivity contribution is 0.0763. The number of nitrogens with zero attached hydrogens (tertiary/aromatic N) is 5. The number of halogens is 1. The molecule has 0 spiro atoms. The van der Waals surface area contributed by atoms with Crippen LogP contribution in [-0.4, -0.2) is 64.1 Å². The van der Waals surface area contributed by atoms with E-state index in [0.717, 1.165) is 71.4 Å². The maximum absolute atomic E-state index is 6.75. The van der Waals surface area contributed by atoms with Crippen molar-refractivity contribution in [1.29, 1.82) is 0 Å². The first kappa shape index (κ1) is 20.7. The van der Waals surface area contributed by atoms with Gasteiger partial charge in [-0.15, -0.1) is 0 Å². The van der Waals surface area contributed by atoms with Gasteiger partial charge in [-0.2, -0.15) is 5.10 Å². The maximum atomic E-state index is 6.75. The second kappa shape index (κ2) is 8.04. The number of aromatic nitrogens is 4. The van der Waals surface area contributed by atoms with Crippen molar-refractivity contribution < 1.29 is 9.47 Å². The third-order valence-corrected chi connectivity index (χ3v) is 7.26. The lowest BCUT2D eigenvalue weighted by Crippen LogP contribution is -2.51. The molecule has 2 aliphatic heterocycles. The van der Waals surface area contributed by atoms with Crippen LogP contribution in [0.1, 0.15) is 47.7 Å². The van der Waals surface area contributed by atoms with Gasteiger partial charge < -0.3 is 9.47 Å². The Balaban J connectivity index is 1.53. The van der Waals surface area contributed by atoms with Crippen molar-refractivity contribution in [1.82, 2.24) is 24.6 Å². The van der Waals surface area contributed by atoms with Crippen LogP contribution in [0.25, 0.3) is 11.0 Å². The summed E-state index contributed by atoms with van der Waals surface area (Å²) < 4.78 is 13.5. The molecule has 2 aromatic heterocycles. The van der Waals surface area contributed by atoms with Gasteiger partial charge in [-0.3, -0.25) is 4.90 Å². The van der Waals surface area contributed by atoms with Crippen LogP contribution in [0, 0.1) is 13.8 Å². The second-order valence-corrected chi connectivity index (χ2v) is 9.06. The molecule has 0 saturated carbocycles. The monoisotopic (exact) mass is 441 g/mol. The van der Waals surface area contributed by atoms with Gasteiger partial charge in [0.05, 0.1) is 30.8 Å². The Morgan fingerprint density at radius 2 is 2.10 bits per heavy atom. The molecule has 8 heteroatoms. The van der Waals surface area contributed by atoms with Gasteiger partial charge in [-0.25, -0.2) is 14.6 Å². The molecule has 7 nitrogen and oxygen atoms in total. The van der Waals surface area contributed by atoms with Gasteiger partial charge in [0.25, 0.3) is 0 Å². The van der Waals surface area contributed by atoms with E-state index >= 15 is 0 Å². The molecule has 31 heavy (non-hydrogen) atoms. The van der Waals surface area contributed by atoms with Crippen LogP contribution in [0.2, 0.25) is 5.02 Å². The van der Waals surface area contributed by atoms with Crippen LogP contribution in [0.4, 0.5) is 0 Å². The zero-order valence-corrected chi connectivity index (χ0v) is 19.2. The smallest absolute Gasteiger partial charge is 0.161 e. The molecule has 2 unspecified atom stereocenters. The molecule has 2 aliphatic rings. The zero-order valence-electron chi connectivity index (χ0n) is 18.4. The maximum Gasteiger partial charge on any atom is 0.161 e. The second-order valence-electron chi connectivity index (χ2n) is 8.65. The molecule has 164 valence electrons. The van der Waals surface area contributed by atoms with Crippen LogP contribution in [-0.2, 0) is 4.74 Å². The van der Waals surface area contributed by atoms with Crippen LogP contribution >= 0.6 is 11.6 Å². The largest absolute Gasteiger partial charge is 0.496 e. The molecule has 3 aromatic rings. The average Bonchev–Trinajstić information content (AvgIpc) is 3.38. The molecular weight excluding hydrogens is 414 g/mol. The highest BCUT2D eigenvalue weighted by Gasteiger charge is 2.38. The van der Waals surface area contributed by atoms with Gasteiger partial charge in [-0.05, 0) is 38.8 Å². The van der Waals surface area contributed by atoms with Gasteiger partial charge in [0.1, 0.15) is 12.1 Å². The van der Waals surface area contributed by atoms with E-state index in [2.05, 4.69) is 28.7 Å². The minimum Gasteiger partial charge on any atom is -0.496 e. The predicted molar refractivity (Wildman–Crippen MR) is 120 cm³/mol. The van der Waals surface area contributed by atoms with E-state index in [1.54, 1.807) is 13.4 Å². The Morgan fingerprint density at radius 1 is 1.29 bits per heavy atom. The van der Waals surface area contributed by atoms with Crippen LogP contribution < -0.4 is 4.74 Å². The minimum atomic E-state index is -0.0858. The summed E-state index contributed by atoms with van der Waals surface area (Å²) in [6, 6.07) is 2.48. The lowest BCUT2D eigenvalue weighted by atomic mass is 9.84. The molecule has 2 saturated heterocycles. The highest BCUT2D eigenvalue weighted by molar-refractivity contribution is 6.31. The first-order valence-corrected chi connectivity index (χ1v) is 11.2. The molecular formula is C23H28ClN5O2. The topological polar surface area (TPSA) is 65.3 Å². The van der Waals surface area contributed by atoms with Crippen molar-refractivity contribution >= 4 is 22.6 Å². The molecule has 0 N–H and O–H groups in total. The van der Waals surface area contributed by atoms with E-state index in [1.807, 2.05) is 23.9 Å². The molecule has 0 aliphatic carbocycles. The summed E-state index contributed by atoms with van der Waals surface area (Å²) in [5.74, 6) is 1.32. The summed E-state index contributed by atoms with van der Waals surface area (Å²) in [7, 11) is 1.75. The Labute approximate surface area is 187 Å². The predicted octanol–water partition coefficient (Wildman–Crippen LogP) is 3.90. The summed E-state index contributed by atoms with van der Waals surface area (Å²) in [6.07, 6.45) is 4.50. The van der Waals surface area contributed by atoms with Gasteiger partial charge >= 0.3 is 0 Å². The van der Waals surface area contributed by atoms with E-state index in [9.17, 15) is 0 Å². The quantitative estimate of drug-likeness (QED) is 0.598. The average molecular weight is 442 g/mol. The Morgan fingerprint density at radius 3 is 2.81 bits per heavy atom. The summed E-state index contributed by atoms with van der Waals surface area (Å²) in [5, 5.41) is 6.49. The van der Waals surface area contributed by atoms with Gasteiger partial charge in [0, 0.05) is 54.0 Å². The summed E-state index contributed by atoms with van der Waals surface area (Å²) in [5.41, 5.74) is 5.07. The van der Waals surface area contributed by atoms with E-state index in [1.165, 1.54) is 5.56 Å². The van der Waals surface area contributed by atoms with Crippen molar-refractivity contribution in [3.8, 4) is 5.75 Å². The van der Waals surface area contributed by atoms with Gasteiger partial charge in [0.2, 0.25) is 0 Å². The SMILES string of the molecule is COc1c(C(C)n2nc(C)c3cncnc32)cc(Cl)c(C)c1C1CN(C2CCOC2)C1. The Bertz CT molecular complexity index is 1120. The minimum absolute atomic E-state index is 0.0858. The molecule has 0 bridgehead atoms. The summed E-state index contributed by atoms with van der Waals surface area (Å²) in [4.78, 5) is 11.1. The number of likely N-dealkylation sites (tertiary alicyclic amines) is 1. The molecule has 0 radical (unpaired) electrons. The fourth-order valence-corrected chi connectivity index (χ4v) is 5.24. The first-order chi connectivity index (χ1) is 15.0. The van der Waals surface area contributed by atoms with Crippen LogP contribution in [0.3, 0.4) is 0 Å². The standard InChI is InChI=1S/C23H28ClN5O2/c1-13-20(24)7-18(15(3)29-23-19(14(2)27-29)8-25-12-26-23)22(30-4)21(13)16-9-28(10-16)17-5-6-31-11-17/h7-8,12,15-17H,5-6,9-11H2,1-4H3. The third-order valence-electron chi connectivity index (χ3n) is 6.87. The Kier molecular flexibility index (Phi) is 5.36. The third kappa shape index (κ3) is 3.39. The van der Waals surface area contributed by atoms with E-state index in [4.69, 9.17) is 26.2 Å². The number of aryl methyl sites for hydroxylation is 1. The van der Waals surface area contributed by atoms with E-state index in [0.29, 0.717) is 12.0 Å². The van der Waals surface area contributed by atoms with Crippen LogP contribution in [0.15, 0.2) is 18.6 Å². The fraction of sp³-hybridized carbons (Fsp3) is 0.522. The lowest BCUT2D eigenvalue weighted by Gasteiger charge is -2.44. The highest BCUT2D eigenvalue weighted by Crippen LogP contribution is 2.44. The van der Waals surface area contributed by atoms with Gasteiger partial charge in [0.15, 0.2) is 5.65 Å². The number of hydrogen-bond acceptors (Lipinski definition) is 6. The fourth-order valence-electron chi connectivity index (χ4n) is 5.02. The number of hydrogen-bond donors (Lipinski definition) is 0. The van der Waals surface area contributed by atoms with Crippen molar-refractivity contribution in [2.75, 3.05) is 33.4 Å².